The third-order valence-electron chi connectivity index (χ3n) is 0.831. The van der Waals surface area contributed by atoms with Gasteiger partial charge in [-0.15, -0.1) is 0 Å². The quantitative estimate of drug-likeness (QED) is 0.509. The van der Waals surface area contributed by atoms with Crippen LogP contribution in [0.1, 0.15) is 0 Å². The van der Waals surface area contributed by atoms with E-state index in [4.69, 9.17) is 5.73 Å². The van der Waals surface area contributed by atoms with Gasteiger partial charge >= 0.3 is 0 Å². The predicted octanol–water partition coefficient (Wildman–Crippen LogP) is -0.884. The Morgan fingerprint density at radius 2 is 1.80 bits per heavy atom. The average molecular weight is 142 g/mol. The molecule has 0 unspecified atom stereocenters. The van der Waals surface area contributed by atoms with Gasteiger partial charge in [0.1, 0.15) is 0 Å². The molecule has 0 aromatic carbocycles. The molecule has 0 aliphatic rings. The Labute approximate surface area is 59.3 Å². The lowest BCUT2D eigenvalue weighted by molar-refractivity contribution is -0.124. The van der Waals surface area contributed by atoms with Crippen LogP contribution in [0.5, 0.6) is 0 Å². The van der Waals surface area contributed by atoms with E-state index >= 15 is 0 Å². The number of nitrogens with zero attached hydrogens (tertiary/aromatic N) is 1. The summed E-state index contributed by atoms with van der Waals surface area (Å²) in [5, 5.41) is 0. The Balaban J connectivity index is 3.90. The normalized spacial score (nSPS) is 9.80. The first kappa shape index (κ1) is 8.68. The second-order valence-electron chi connectivity index (χ2n) is 1.97. The molecule has 0 saturated heterocycles. The molecule has 2 amide bonds. The van der Waals surface area contributed by atoms with Gasteiger partial charge in [0, 0.05) is 26.2 Å². The second-order valence-corrected chi connectivity index (χ2v) is 1.97. The SMILES string of the molecule is CN(C)C(=O)C=CC(N)=O. The Hall–Kier alpha value is -1.32. The van der Waals surface area contributed by atoms with Crippen molar-refractivity contribution in [1.82, 2.24) is 4.90 Å². The third-order valence-corrected chi connectivity index (χ3v) is 0.831. The van der Waals surface area contributed by atoms with Gasteiger partial charge in [-0.1, -0.05) is 0 Å². The summed E-state index contributed by atoms with van der Waals surface area (Å²) >= 11 is 0. The van der Waals surface area contributed by atoms with E-state index in [2.05, 4.69) is 0 Å². The van der Waals surface area contributed by atoms with E-state index in [1.165, 1.54) is 4.90 Å². The Kier molecular flexibility index (Phi) is 3.17. The highest BCUT2D eigenvalue weighted by molar-refractivity contribution is 5.95. The van der Waals surface area contributed by atoms with Crippen LogP contribution >= 0.6 is 0 Å². The smallest absolute Gasteiger partial charge is 0.246 e. The molecule has 4 heteroatoms. The van der Waals surface area contributed by atoms with Crippen LogP contribution in [0.4, 0.5) is 0 Å². The van der Waals surface area contributed by atoms with Crippen molar-refractivity contribution in [2.24, 2.45) is 5.73 Å². The van der Waals surface area contributed by atoms with Crippen LogP contribution < -0.4 is 5.73 Å². The van der Waals surface area contributed by atoms with E-state index in [9.17, 15) is 9.59 Å². The van der Waals surface area contributed by atoms with Gasteiger partial charge < -0.3 is 10.6 Å². The molecule has 0 aliphatic heterocycles. The number of rotatable bonds is 2. The summed E-state index contributed by atoms with van der Waals surface area (Å²) in [6, 6.07) is 0. The van der Waals surface area contributed by atoms with Crippen LogP contribution in [-0.2, 0) is 9.59 Å². The summed E-state index contributed by atoms with van der Waals surface area (Å²) in [7, 11) is 3.18. The molecule has 0 aromatic rings. The first-order valence-electron chi connectivity index (χ1n) is 2.73. The molecule has 56 valence electrons. The minimum Gasteiger partial charge on any atom is -0.366 e. The fourth-order valence-corrected chi connectivity index (χ4v) is 0.302. The summed E-state index contributed by atoms with van der Waals surface area (Å²) in [6.45, 7) is 0. The lowest BCUT2D eigenvalue weighted by atomic mass is 10.4. The van der Waals surface area contributed by atoms with E-state index in [1.54, 1.807) is 14.1 Å². The van der Waals surface area contributed by atoms with Crippen LogP contribution in [-0.4, -0.2) is 30.8 Å². The third kappa shape index (κ3) is 3.65. The summed E-state index contributed by atoms with van der Waals surface area (Å²) in [5.41, 5.74) is 4.74. The van der Waals surface area contributed by atoms with Crippen molar-refractivity contribution < 1.29 is 9.59 Å². The van der Waals surface area contributed by atoms with Crippen LogP contribution in [0.3, 0.4) is 0 Å². The first-order valence-corrected chi connectivity index (χ1v) is 2.73. The van der Waals surface area contributed by atoms with Crippen molar-refractivity contribution in [2.45, 2.75) is 0 Å². The fourth-order valence-electron chi connectivity index (χ4n) is 0.302. The predicted molar refractivity (Wildman–Crippen MR) is 37.0 cm³/mol. The maximum absolute atomic E-state index is 10.7. The highest BCUT2D eigenvalue weighted by atomic mass is 16.2. The number of primary amides is 1. The van der Waals surface area contributed by atoms with Gasteiger partial charge in [-0.3, -0.25) is 9.59 Å². The molecule has 0 rings (SSSR count). The van der Waals surface area contributed by atoms with Crippen molar-refractivity contribution in [3.63, 3.8) is 0 Å². The Bertz CT molecular complexity index is 173. The van der Waals surface area contributed by atoms with Gasteiger partial charge in [-0.2, -0.15) is 0 Å². The van der Waals surface area contributed by atoms with E-state index in [0.29, 0.717) is 0 Å². The number of hydrogen-bond donors (Lipinski definition) is 1. The van der Waals surface area contributed by atoms with Gasteiger partial charge in [0.05, 0.1) is 0 Å². The molecule has 0 spiro atoms. The molecule has 10 heavy (non-hydrogen) atoms. The second kappa shape index (κ2) is 3.66. The van der Waals surface area contributed by atoms with Gasteiger partial charge in [-0.05, 0) is 0 Å². The van der Waals surface area contributed by atoms with Crippen molar-refractivity contribution in [3.05, 3.63) is 12.2 Å². The van der Waals surface area contributed by atoms with Crippen LogP contribution in [0.15, 0.2) is 12.2 Å². The largest absolute Gasteiger partial charge is 0.366 e. The summed E-state index contributed by atoms with van der Waals surface area (Å²) in [4.78, 5) is 22.1. The molecular formula is C6H10N2O2. The zero-order chi connectivity index (χ0) is 8.15. The van der Waals surface area contributed by atoms with Gasteiger partial charge in [-0.25, -0.2) is 0 Å². The number of amides is 2. The minimum atomic E-state index is -0.616. The molecule has 0 radical (unpaired) electrons. The number of carbonyl (C=O) groups excluding carboxylic acids is 2. The van der Waals surface area contributed by atoms with Crippen LogP contribution in [0, 0.1) is 0 Å². The summed E-state index contributed by atoms with van der Waals surface area (Å²) in [6.07, 6.45) is 2.16. The molecule has 2 N–H and O–H groups in total. The maximum Gasteiger partial charge on any atom is 0.246 e. The molecule has 0 heterocycles. The van der Waals surface area contributed by atoms with Crippen molar-refractivity contribution in [1.29, 1.82) is 0 Å². The highest BCUT2D eigenvalue weighted by Crippen LogP contribution is 1.79. The van der Waals surface area contributed by atoms with Crippen molar-refractivity contribution >= 4 is 11.8 Å². The van der Waals surface area contributed by atoms with Crippen LogP contribution in [0.25, 0.3) is 0 Å². The molecule has 0 saturated carbocycles. The first-order chi connectivity index (χ1) is 4.54. The topological polar surface area (TPSA) is 63.4 Å². The van der Waals surface area contributed by atoms with Gasteiger partial charge in [0.15, 0.2) is 0 Å². The number of hydrogen-bond acceptors (Lipinski definition) is 2. The standard InChI is InChI=1S/C6H10N2O2/c1-8(2)6(10)4-3-5(7)9/h3-4H,1-2H3,(H2,7,9). The zero-order valence-electron chi connectivity index (χ0n) is 6.00. The monoisotopic (exact) mass is 142 g/mol. The van der Waals surface area contributed by atoms with Crippen molar-refractivity contribution in [2.75, 3.05) is 14.1 Å². The minimum absolute atomic E-state index is 0.251. The fraction of sp³-hybridized carbons (Fsp3) is 0.333. The average Bonchev–Trinajstić information content (AvgIpc) is 1.82. The highest BCUT2D eigenvalue weighted by Gasteiger charge is 1.96. The van der Waals surface area contributed by atoms with Gasteiger partial charge in [0.25, 0.3) is 0 Å². The molecule has 4 nitrogen and oxygen atoms in total. The van der Waals surface area contributed by atoms with Crippen molar-refractivity contribution in [3.8, 4) is 0 Å². The molecular weight excluding hydrogens is 132 g/mol. The molecule has 0 atom stereocenters. The van der Waals surface area contributed by atoms with E-state index in [0.717, 1.165) is 12.2 Å². The maximum atomic E-state index is 10.7. The number of carbonyl (C=O) groups is 2. The molecule has 0 fully saturated rings. The van der Waals surface area contributed by atoms with E-state index < -0.39 is 5.91 Å². The number of nitrogens with two attached hydrogens (primary N) is 1. The molecule has 0 bridgehead atoms. The number of likely N-dealkylation sites (N-methyl/N-ethyl adjacent to an activating group) is 1. The summed E-state index contributed by atoms with van der Waals surface area (Å²) < 4.78 is 0. The zero-order valence-corrected chi connectivity index (χ0v) is 6.00. The van der Waals surface area contributed by atoms with Crippen LogP contribution in [0.2, 0.25) is 0 Å². The molecule has 0 aliphatic carbocycles. The Morgan fingerprint density at radius 3 is 2.10 bits per heavy atom. The lowest BCUT2D eigenvalue weighted by Crippen LogP contribution is -2.19. The van der Waals surface area contributed by atoms with E-state index in [-0.39, 0.29) is 5.91 Å². The van der Waals surface area contributed by atoms with Gasteiger partial charge in [0.2, 0.25) is 11.8 Å². The Morgan fingerprint density at radius 1 is 1.30 bits per heavy atom. The summed E-state index contributed by atoms with van der Waals surface area (Å²) in [5.74, 6) is -0.867. The lowest BCUT2D eigenvalue weighted by Gasteiger charge is -2.04. The van der Waals surface area contributed by atoms with E-state index in [1.807, 2.05) is 0 Å². The molecule has 0 aromatic heterocycles.